The lowest BCUT2D eigenvalue weighted by atomic mass is 9.85. The Bertz CT molecular complexity index is 1820. The summed E-state index contributed by atoms with van der Waals surface area (Å²) in [7, 11) is 1.41. The number of anilines is 2. The number of aromatic nitrogens is 3. The predicted molar refractivity (Wildman–Crippen MR) is 171 cm³/mol. The van der Waals surface area contributed by atoms with Gasteiger partial charge in [-0.3, -0.25) is 15.1 Å². The number of nitrogens with zero attached hydrogens (tertiary/aromatic N) is 3. The van der Waals surface area contributed by atoms with Gasteiger partial charge in [0.1, 0.15) is 18.2 Å². The van der Waals surface area contributed by atoms with Crippen molar-refractivity contribution < 1.29 is 19.1 Å². The number of urea groups is 1. The zero-order valence-electron chi connectivity index (χ0n) is 25.4. The lowest BCUT2D eigenvalue weighted by molar-refractivity contribution is -0.128. The van der Waals surface area contributed by atoms with E-state index in [1.165, 1.54) is 7.11 Å². The van der Waals surface area contributed by atoms with Crippen LogP contribution in [0.25, 0.3) is 16.5 Å². The third-order valence-electron chi connectivity index (χ3n) is 7.21. The van der Waals surface area contributed by atoms with E-state index in [0.717, 1.165) is 33.2 Å². The van der Waals surface area contributed by atoms with Gasteiger partial charge in [-0.05, 0) is 53.8 Å². The Morgan fingerprint density at radius 1 is 0.955 bits per heavy atom. The first-order valence-electron chi connectivity index (χ1n) is 14.2. The topological polar surface area (TPSA) is 133 Å². The lowest BCUT2D eigenvalue weighted by Crippen LogP contribution is -2.23. The summed E-state index contributed by atoms with van der Waals surface area (Å²) in [6.07, 6.45) is 2.31. The van der Waals surface area contributed by atoms with Gasteiger partial charge in [0.05, 0.1) is 23.3 Å². The Hall–Kier alpha value is -5.22. The predicted octanol–water partition coefficient (Wildman–Crippen LogP) is 6.42. The largest absolute Gasteiger partial charge is 0.488 e. The minimum Gasteiger partial charge on any atom is -0.488 e. The number of rotatable bonds is 9. The van der Waals surface area contributed by atoms with Gasteiger partial charge in [0.15, 0.2) is 6.10 Å². The molecule has 2 heterocycles. The minimum absolute atomic E-state index is 0.120. The molecule has 0 saturated carbocycles. The quantitative estimate of drug-likeness (QED) is 0.181. The van der Waals surface area contributed by atoms with Gasteiger partial charge in [-0.25, -0.2) is 9.48 Å². The smallest absolute Gasteiger partial charge is 0.324 e. The number of fused-ring (bicyclic) bond motifs is 1. The first-order chi connectivity index (χ1) is 21.0. The molecule has 0 spiro atoms. The molecule has 5 rings (SSSR count). The maximum atomic E-state index is 13.3. The maximum Gasteiger partial charge on any atom is 0.324 e. The van der Waals surface area contributed by atoms with Gasteiger partial charge in [-0.2, -0.15) is 5.10 Å². The molecule has 5 aromatic rings. The number of carbonyl (C=O) groups excluding carboxylic acids is 2. The summed E-state index contributed by atoms with van der Waals surface area (Å²) in [5, 5.41) is 12.1. The van der Waals surface area contributed by atoms with E-state index in [2.05, 4.69) is 54.5 Å². The Balaban J connectivity index is 1.34. The molecular formula is C34H36N6O4. The molecule has 44 heavy (non-hydrogen) atoms. The number of methoxy groups -OCH3 is 1. The molecule has 3 amide bonds. The maximum absolute atomic E-state index is 13.3. The van der Waals surface area contributed by atoms with Crippen LogP contribution in [0.4, 0.5) is 16.3 Å². The molecule has 4 N–H and O–H groups in total. The number of hydrogen-bond acceptors (Lipinski definition) is 6. The summed E-state index contributed by atoms with van der Waals surface area (Å²) < 4.78 is 13.1. The van der Waals surface area contributed by atoms with Gasteiger partial charge in [-0.15, -0.1) is 0 Å². The van der Waals surface area contributed by atoms with E-state index < -0.39 is 18.0 Å². The second-order valence-electron chi connectivity index (χ2n) is 11.5. The number of pyridine rings is 1. The number of amides is 3. The fourth-order valence-corrected chi connectivity index (χ4v) is 5.07. The van der Waals surface area contributed by atoms with Crippen LogP contribution in [-0.2, 0) is 21.6 Å². The second-order valence-corrected chi connectivity index (χ2v) is 11.5. The Labute approximate surface area is 256 Å². The Morgan fingerprint density at radius 2 is 1.73 bits per heavy atom. The van der Waals surface area contributed by atoms with Crippen LogP contribution in [0.2, 0.25) is 0 Å². The van der Waals surface area contributed by atoms with E-state index in [1.807, 2.05) is 42.5 Å². The number of ether oxygens (including phenoxy) is 2. The van der Waals surface area contributed by atoms with Crippen LogP contribution in [0.5, 0.6) is 5.75 Å². The number of nitrogens with two attached hydrogens (primary N) is 1. The molecule has 0 fully saturated rings. The number of benzene rings is 3. The van der Waals surface area contributed by atoms with Crippen LogP contribution < -0.4 is 21.1 Å². The van der Waals surface area contributed by atoms with E-state index in [1.54, 1.807) is 41.3 Å². The van der Waals surface area contributed by atoms with Crippen molar-refractivity contribution in [1.82, 2.24) is 14.8 Å². The molecular weight excluding hydrogens is 556 g/mol. The number of aryl methyl sites for hydroxylation is 1. The average molecular weight is 593 g/mol. The van der Waals surface area contributed by atoms with Gasteiger partial charge in [0.2, 0.25) is 0 Å². The molecule has 0 aliphatic carbocycles. The molecule has 10 heteroatoms. The van der Waals surface area contributed by atoms with Crippen molar-refractivity contribution >= 4 is 34.2 Å². The van der Waals surface area contributed by atoms with Gasteiger partial charge in [0, 0.05) is 30.1 Å². The highest BCUT2D eigenvalue weighted by molar-refractivity contribution is 6.07. The first-order valence-corrected chi connectivity index (χ1v) is 14.2. The molecule has 0 radical (unpaired) electrons. The van der Waals surface area contributed by atoms with Gasteiger partial charge >= 0.3 is 6.03 Å². The van der Waals surface area contributed by atoms with E-state index >= 15 is 0 Å². The number of nitrogens with one attached hydrogen (secondary N) is 2. The lowest BCUT2D eigenvalue weighted by Gasteiger charge is -2.24. The fraction of sp³-hybridized carbons (Fsp3) is 0.235. The highest BCUT2D eigenvalue weighted by Gasteiger charge is 2.22. The molecule has 10 nitrogen and oxygen atoms in total. The van der Waals surface area contributed by atoms with E-state index in [0.29, 0.717) is 22.9 Å². The third kappa shape index (κ3) is 6.55. The van der Waals surface area contributed by atoms with Crippen molar-refractivity contribution in [2.75, 3.05) is 17.7 Å². The van der Waals surface area contributed by atoms with Crippen molar-refractivity contribution in [3.63, 3.8) is 0 Å². The molecule has 0 aliphatic rings. The Morgan fingerprint density at radius 3 is 2.45 bits per heavy atom. The van der Waals surface area contributed by atoms with Crippen LogP contribution in [0.1, 0.15) is 49.3 Å². The second kappa shape index (κ2) is 12.6. The molecule has 226 valence electrons. The van der Waals surface area contributed by atoms with Crippen LogP contribution in [0.15, 0.2) is 85.2 Å². The van der Waals surface area contributed by atoms with Crippen LogP contribution in [0, 0.1) is 6.92 Å². The SMILES string of the molecule is COC(C(N)=O)c1cc(COc2ccc(NC(=O)Nc3ccnn3-c3ccc(C)cc3C(C)(C)C)c3ccccc23)ccn1. The summed E-state index contributed by atoms with van der Waals surface area (Å²) >= 11 is 0. The molecule has 0 saturated heterocycles. The summed E-state index contributed by atoms with van der Waals surface area (Å²) in [5.74, 6) is 0.561. The van der Waals surface area contributed by atoms with E-state index in [4.69, 9.17) is 15.2 Å². The van der Waals surface area contributed by atoms with Crippen molar-refractivity contribution in [1.29, 1.82) is 0 Å². The summed E-state index contributed by atoms with van der Waals surface area (Å²) in [6.45, 7) is 8.75. The van der Waals surface area contributed by atoms with Crippen molar-refractivity contribution in [2.24, 2.45) is 5.73 Å². The van der Waals surface area contributed by atoms with Crippen molar-refractivity contribution in [3.8, 4) is 11.4 Å². The summed E-state index contributed by atoms with van der Waals surface area (Å²) in [5.41, 5.74) is 10.3. The van der Waals surface area contributed by atoms with Crippen LogP contribution in [-0.4, -0.2) is 33.8 Å². The number of primary amides is 1. The van der Waals surface area contributed by atoms with Crippen LogP contribution in [0.3, 0.4) is 0 Å². The normalized spacial score (nSPS) is 12.1. The van der Waals surface area contributed by atoms with Gasteiger partial charge in [-0.1, -0.05) is 62.7 Å². The molecule has 1 atom stereocenters. The molecule has 0 aliphatic heterocycles. The average Bonchev–Trinajstić information content (AvgIpc) is 3.44. The minimum atomic E-state index is -0.941. The Kier molecular flexibility index (Phi) is 8.64. The standard InChI is InChI=1S/C34H36N6O4/c1-21-10-12-28(25(18-21)34(2,3)4)40-30(15-17-37-40)39-33(42)38-26-11-13-29(24-9-7-6-8-23(24)26)44-20-22-14-16-36-27(19-22)31(43-5)32(35)41/h6-19,31H,20H2,1-5H3,(H2,35,41)(H2,38,39,42). The zero-order chi connectivity index (χ0) is 31.4. The zero-order valence-corrected chi connectivity index (χ0v) is 25.4. The monoisotopic (exact) mass is 592 g/mol. The number of hydrogen-bond donors (Lipinski definition) is 3. The van der Waals surface area contributed by atoms with Gasteiger partial charge in [0.25, 0.3) is 5.91 Å². The highest BCUT2D eigenvalue weighted by Crippen LogP contribution is 2.33. The molecule has 0 bridgehead atoms. The molecule has 3 aromatic carbocycles. The van der Waals surface area contributed by atoms with E-state index in [-0.39, 0.29) is 12.0 Å². The first kappa shape index (κ1) is 30.2. The molecule has 2 aromatic heterocycles. The van der Waals surface area contributed by atoms with Crippen molar-refractivity contribution in [3.05, 3.63) is 108 Å². The summed E-state index contributed by atoms with van der Waals surface area (Å²) in [4.78, 5) is 29.2. The molecule has 1 unspecified atom stereocenters. The number of carbonyl (C=O) groups is 2. The summed E-state index contributed by atoms with van der Waals surface area (Å²) in [6, 6.07) is 22.4. The third-order valence-corrected chi connectivity index (χ3v) is 7.21. The van der Waals surface area contributed by atoms with Crippen LogP contribution >= 0.6 is 0 Å². The van der Waals surface area contributed by atoms with Gasteiger partial charge < -0.3 is 20.5 Å². The van der Waals surface area contributed by atoms with E-state index in [9.17, 15) is 9.59 Å². The van der Waals surface area contributed by atoms with Crippen molar-refractivity contribution in [2.45, 2.75) is 45.8 Å². The highest BCUT2D eigenvalue weighted by atomic mass is 16.5. The fourth-order valence-electron chi connectivity index (χ4n) is 5.07.